The number of ether oxygens (including phenoxy) is 2. The Morgan fingerprint density at radius 1 is 0.508 bits per heavy atom. The Kier molecular flexibility index (Phi) is 44.5. The van der Waals surface area contributed by atoms with Crippen LogP contribution in [-0.2, 0) is 14.3 Å². The predicted octanol–water partition coefficient (Wildman–Crippen LogP) is 13.6. The molecule has 7 atom stereocenters. The second kappa shape index (κ2) is 46.6. The first-order valence-electron chi connectivity index (χ1n) is 28.4. The second-order valence-electron chi connectivity index (χ2n) is 20.1. The molecule has 0 saturated carbocycles. The molecule has 0 aromatic rings. The van der Waals surface area contributed by atoms with Crippen LogP contribution in [0.2, 0.25) is 0 Å². The molecule has 1 aliphatic rings. The zero-order valence-electron chi connectivity index (χ0n) is 42.8. The Balaban J connectivity index is 2.09. The van der Waals surface area contributed by atoms with Gasteiger partial charge in [0.2, 0.25) is 5.91 Å². The number of carbonyl (C=O) groups is 1. The van der Waals surface area contributed by atoms with Gasteiger partial charge in [-0.1, -0.05) is 270 Å². The summed E-state index contributed by atoms with van der Waals surface area (Å²) in [6, 6.07) is -0.798. The first kappa shape index (κ1) is 61.9. The number of hydrogen-bond acceptors (Lipinski definition) is 8. The summed E-state index contributed by atoms with van der Waals surface area (Å²) in [5.74, 6) is -0.172. The van der Waals surface area contributed by atoms with E-state index < -0.39 is 49.5 Å². The first-order valence-corrected chi connectivity index (χ1v) is 28.4. The van der Waals surface area contributed by atoms with E-state index in [4.69, 9.17) is 9.47 Å². The summed E-state index contributed by atoms with van der Waals surface area (Å²) in [5.41, 5.74) is 0. The van der Waals surface area contributed by atoms with E-state index in [0.29, 0.717) is 6.42 Å². The SMILES string of the molecule is CCCCCCCCCCC/C=C/[C@@H](O)[C@H](CO[C@@H]1O[C@H](CO)[C@H](O)C(O)C1O)NC(=O)CCCCCCCCCCCCCCCCCCCCCCCCCCCCCCCCC. The summed E-state index contributed by atoms with van der Waals surface area (Å²) in [4.78, 5) is 13.0. The lowest BCUT2D eigenvalue weighted by atomic mass is 9.99. The number of amides is 1. The van der Waals surface area contributed by atoms with E-state index in [1.165, 1.54) is 225 Å². The minimum atomic E-state index is -1.56. The fourth-order valence-electron chi connectivity index (χ4n) is 9.34. The van der Waals surface area contributed by atoms with Gasteiger partial charge in [0.1, 0.15) is 24.4 Å². The van der Waals surface area contributed by atoms with Crippen LogP contribution in [0.5, 0.6) is 0 Å². The van der Waals surface area contributed by atoms with Crippen molar-refractivity contribution in [2.45, 2.75) is 326 Å². The first-order chi connectivity index (χ1) is 31.8. The van der Waals surface area contributed by atoms with E-state index in [-0.39, 0.29) is 12.5 Å². The Bertz CT molecular complexity index is 1030. The van der Waals surface area contributed by atoms with E-state index in [1.807, 2.05) is 6.08 Å². The largest absolute Gasteiger partial charge is 0.394 e. The summed E-state index contributed by atoms with van der Waals surface area (Å²) in [6.07, 6.45) is 50.2. The molecule has 1 saturated heterocycles. The van der Waals surface area contributed by atoms with Gasteiger partial charge in [-0.25, -0.2) is 0 Å². The average Bonchev–Trinajstić information content (AvgIpc) is 3.31. The topological polar surface area (TPSA) is 149 Å². The molecular formula is C56H109NO8. The highest BCUT2D eigenvalue weighted by Gasteiger charge is 2.44. The molecule has 1 heterocycles. The minimum absolute atomic E-state index is 0.172. The molecule has 0 aromatic carbocycles. The summed E-state index contributed by atoms with van der Waals surface area (Å²) < 4.78 is 11.2. The van der Waals surface area contributed by atoms with Crippen molar-refractivity contribution >= 4 is 5.91 Å². The molecule has 0 aromatic heterocycles. The predicted molar refractivity (Wildman–Crippen MR) is 272 cm³/mol. The maximum Gasteiger partial charge on any atom is 0.220 e. The standard InChI is InChI=1S/C56H109NO8/c1-3-5-7-9-11-13-15-16-17-18-19-20-21-22-23-24-25-26-27-28-29-30-31-32-33-34-36-38-40-42-44-46-52(60)57-49(48-64-56-55(63)54(62)53(61)51(47-58)65-56)50(59)45-43-41-39-37-35-14-12-10-8-6-4-2/h43,45,49-51,53-56,58-59,61-63H,3-42,44,46-48H2,1-2H3,(H,57,60)/b45-43+/t49-,50+,51+,53-,54?,55?,56+/m0/s1. The Hall–Kier alpha value is -1.07. The van der Waals surface area contributed by atoms with E-state index in [0.717, 1.165) is 38.5 Å². The van der Waals surface area contributed by atoms with Crippen molar-refractivity contribution in [1.29, 1.82) is 0 Å². The summed E-state index contributed by atoms with van der Waals surface area (Å²) in [7, 11) is 0. The maximum atomic E-state index is 13.0. The van der Waals surface area contributed by atoms with Crippen LogP contribution in [0.15, 0.2) is 12.2 Å². The Labute approximate surface area is 401 Å². The fraction of sp³-hybridized carbons (Fsp3) is 0.946. The fourth-order valence-corrected chi connectivity index (χ4v) is 9.34. The van der Waals surface area contributed by atoms with Crippen LogP contribution in [0.4, 0.5) is 0 Å². The molecule has 1 aliphatic heterocycles. The van der Waals surface area contributed by atoms with Crippen LogP contribution in [-0.4, -0.2) is 87.5 Å². The quantitative estimate of drug-likeness (QED) is 0.0261. The smallest absolute Gasteiger partial charge is 0.220 e. The normalized spacial score (nSPS) is 19.9. The summed E-state index contributed by atoms with van der Waals surface area (Å²) >= 11 is 0. The van der Waals surface area contributed by atoms with E-state index >= 15 is 0 Å². The third-order valence-electron chi connectivity index (χ3n) is 13.9. The highest BCUT2D eigenvalue weighted by Crippen LogP contribution is 2.23. The van der Waals surface area contributed by atoms with E-state index in [2.05, 4.69) is 19.2 Å². The van der Waals surface area contributed by atoms with Gasteiger partial charge in [-0.15, -0.1) is 0 Å². The molecule has 9 heteroatoms. The zero-order chi connectivity index (χ0) is 47.3. The summed E-state index contributed by atoms with van der Waals surface area (Å²) in [6.45, 7) is 3.79. The van der Waals surface area contributed by atoms with Gasteiger partial charge in [0.25, 0.3) is 0 Å². The highest BCUT2D eigenvalue weighted by atomic mass is 16.7. The van der Waals surface area contributed by atoms with Crippen LogP contribution in [0.1, 0.15) is 284 Å². The van der Waals surface area contributed by atoms with Crippen LogP contribution >= 0.6 is 0 Å². The van der Waals surface area contributed by atoms with Crippen molar-refractivity contribution < 1.29 is 39.8 Å². The number of aliphatic hydroxyl groups is 5. The molecule has 0 bridgehead atoms. The molecule has 1 fully saturated rings. The molecule has 0 aliphatic carbocycles. The molecule has 2 unspecified atom stereocenters. The van der Waals surface area contributed by atoms with Crippen LogP contribution in [0.3, 0.4) is 0 Å². The molecule has 9 nitrogen and oxygen atoms in total. The lowest BCUT2D eigenvalue weighted by molar-refractivity contribution is -0.302. The van der Waals surface area contributed by atoms with Gasteiger partial charge in [0.15, 0.2) is 6.29 Å². The van der Waals surface area contributed by atoms with Crippen molar-refractivity contribution in [3.8, 4) is 0 Å². The summed E-state index contributed by atoms with van der Waals surface area (Å²) in [5, 5.41) is 54.3. The van der Waals surface area contributed by atoms with Crippen molar-refractivity contribution in [1.82, 2.24) is 5.32 Å². The molecular weight excluding hydrogens is 815 g/mol. The van der Waals surface area contributed by atoms with Crippen molar-refractivity contribution in [3.05, 3.63) is 12.2 Å². The molecule has 1 amide bonds. The monoisotopic (exact) mass is 924 g/mol. The van der Waals surface area contributed by atoms with E-state index in [1.54, 1.807) is 6.08 Å². The van der Waals surface area contributed by atoms with Crippen molar-refractivity contribution in [2.75, 3.05) is 13.2 Å². The number of unbranched alkanes of at least 4 members (excludes halogenated alkanes) is 39. The van der Waals surface area contributed by atoms with Crippen molar-refractivity contribution in [2.24, 2.45) is 0 Å². The van der Waals surface area contributed by atoms with E-state index in [9.17, 15) is 30.3 Å². The van der Waals surface area contributed by atoms with Gasteiger partial charge in [-0.05, 0) is 19.3 Å². The number of nitrogens with one attached hydrogen (secondary N) is 1. The zero-order valence-corrected chi connectivity index (χ0v) is 42.8. The van der Waals surface area contributed by atoms with Crippen LogP contribution in [0.25, 0.3) is 0 Å². The second-order valence-corrected chi connectivity index (χ2v) is 20.1. The van der Waals surface area contributed by atoms with Crippen LogP contribution in [0, 0.1) is 0 Å². The van der Waals surface area contributed by atoms with Gasteiger partial charge in [-0.3, -0.25) is 4.79 Å². The number of carbonyl (C=O) groups excluding carboxylic acids is 1. The van der Waals surface area contributed by atoms with Gasteiger partial charge < -0.3 is 40.3 Å². The van der Waals surface area contributed by atoms with Gasteiger partial charge in [0.05, 0.1) is 25.4 Å². The average molecular weight is 924 g/mol. The molecule has 1 rings (SSSR count). The Morgan fingerprint density at radius 2 is 0.846 bits per heavy atom. The maximum absolute atomic E-state index is 13.0. The third-order valence-corrected chi connectivity index (χ3v) is 13.9. The van der Waals surface area contributed by atoms with Crippen LogP contribution < -0.4 is 5.32 Å². The molecule has 0 spiro atoms. The molecule has 6 N–H and O–H groups in total. The number of allylic oxidation sites excluding steroid dienone is 1. The molecule has 386 valence electrons. The minimum Gasteiger partial charge on any atom is -0.394 e. The van der Waals surface area contributed by atoms with Crippen molar-refractivity contribution in [3.63, 3.8) is 0 Å². The number of aliphatic hydroxyl groups excluding tert-OH is 5. The highest BCUT2D eigenvalue weighted by molar-refractivity contribution is 5.76. The van der Waals surface area contributed by atoms with Gasteiger partial charge in [0, 0.05) is 6.42 Å². The van der Waals surface area contributed by atoms with Gasteiger partial charge >= 0.3 is 0 Å². The lowest BCUT2D eigenvalue weighted by Gasteiger charge is -2.40. The number of rotatable bonds is 49. The lowest BCUT2D eigenvalue weighted by Crippen LogP contribution is -2.60. The number of hydrogen-bond donors (Lipinski definition) is 6. The Morgan fingerprint density at radius 3 is 1.20 bits per heavy atom. The van der Waals surface area contributed by atoms with Gasteiger partial charge in [-0.2, -0.15) is 0 Å². The third kappa shape index (κ3) is 36.6. The molecule has 0 radical (unpaired) electrons. The molecule has 65 heavy (non-hydrogen) atoms.